The molecule has 0 aromatic carbocycles. The molecule has 1 aromatic rings. The predicted molar refractivity (Wildman–Crippen MR) is 55.0 cm³/mol. The van der Waals surface area contributed by atoms with Crippen molar-refractivity contribution in [3.63, 3.8) is 0 Å². The van der Waals surface area contributed by atoms with Crippen LogP contribution >= 0.6 is 11.3 Å². The van der Waals surface area contributed by atoms with Crippen LogP contribution in [0.3, 0.4) is 0 Å². The number of carbonyl (C=O) groups is 2. The normalized spacial score (nSPS) is 19.0. The number of nitrogens with one attached hydrogen (secondary N) is 1. The van der Waals surface area contributed by atoms with Gasteiger partial charge in [-0.15, -0.1) is 11.3 Å². The van der Waals surface area contributed by atoms with Gasteiger partial charge in [0.2, 0.25) is 0 Å². The van der Waals surface area contributed by atoms with Gasteiger partial charge >= 0.3 is 12.1 Å². The highest BCUT2D eigenvalue weighted by Crippen LogP contribution is 2.21. The largest absolute Gasteiger partial charge is 0.489 e. The van der Waals surface area contributed by atoms with Crippen LogP contribution in [0, 0.1) is 0 Å². The maximum Gasteiger partial charge on any atom is 0.407 e. The second kappa shape index (κ2) is 4.40. The summed E-state index contributed by atoms with van der Waals surface area (Å²) in [5, 5.41) is 12.8. The van der Waals surface area contributed by atoms with Gasteiger partial charge in [0, 0.05) is 11.4 Å². The second-order valence-electron chi connectivity index (χ2n) is 3.17. The Bertz CT molecular complexity index is 416. The van der Waals surface area contributed by atoms with Crippen LogP contribution in [0.5, 0.6) is 5.75 Å². The Hall–Kier alpha value is -1.76. The smallest absolute Gasteiger partial charge is 0.407 e. The van der Waals surface area contributed by atoms with E-state index in [1.54, 1.807) is 5.38 Å². The van der Waals surface area contributed by atoms with Crippen LogP contribution in [0.25, 0.3) is 0 Å². The molecule has 2 N–H and O–H groups in total. The summed E-state index contributed by atoms with van der Waals surface area (Å²) in [5.41, 5.74) is 0. The second-order valence-corrected chi connectivity index (χ2v) is 4.08. The van der Waals surface area contributed by atoms with Gasteiger partial charge in [0.05, 0.1) is 6.54 Å². The summed E-state index contributed by atoms with van der Waals surface area (Å²) >= 11 is 1.09. The maximum atomic E-state index is 10.7. The van der Waals surface area contributed by atoms with Crippen LogP contribution in [0.15, 0.2) is 11.4 Å². The van der Waals surface area contributed by atoms with E-state index in [4.69, 9.17) is 14.6 Å². The summed E-state index contributed by atoms with van der Waals surface area (Å²) in [5.74, 6) is -0.501. The first-order valence-corrected chi connectivity index (χ1v) is 5.42. The number of carboxylic acid groups (broad SMARTS) is 1. The zero-order valence-corrected chi connectivity index (χ0v) is 8.95. The number of thiophene rings is 1. The fourth-order valence-electron chi connectivity index (χ4n) is 1.22. The van der Waals surface area contributed by atoms with Crippen molar-refractivity contribution in [2.24, 2.45) is 0 Å². The van der Waals surface area contributed by atoms with Crippen molar-refractivity contribution >= 4 is 23.4 Å². The molecular formula is C9H9NO5S. The number of aromatic carboxylic acids is 1. The Kier molecular flexibility index (Phi) is 2.95. The third-order valence-electron chi connectivity index (χ3n) is 1.97. The van der Waals surface area contributed by atoms with Crippen molar-refractivity contribution in [3.05, 3.63) is 16.3 Å². The molecule has 16 heavy (non-hydrogen) atoms. The van der Waals surface area contributed by atoms with E-state index in [0.717, 1.165) is 11.3 Å². The molecule has 0 radical (unpaired) electrons. The molecule has 0 aliphatic carbocycles. The van der Waals surface area contributed by atoms with E-state index >= 15 is 0 Å². The molecule has 1 aliphatic rings. The highest BCUT2D eigenvalue weighted by Gasteiger charge is 2.23. The summed E-state index contributed by atoms with van der Waals surface area (Å²) in [4.78, 5) is 21.5. The lowest BCUT2D eigenvalue weighted by Crippen LogP contribution is -2.21. The first kappa shape index (κ1) is 10.7. The van der Waals surface area contributed by atoms with Crippen molar-refractivity contribution in [1.29, 1.82) is 0 Å². The number of carboxylic acids is 1. The van der Waals surface area contributed by atoms with Gasteiger partial charge in [-0.05, 0) is 0 Å². The molecule has 2 rings (SSSR count). The first-order chi connectivity index (χ1) is 7.65. The average Bonchev–Trinajstić information content (AvgIpc) is 2.83. The number of cyclic esters (lactones) is 1. The van der Waals surface area contributed by atoms with E-state index in [1.807, 2.05) is 0 Å². The van der Waals surface area contributed by atoms with Crippen molar-refractivity contribution in [2.45, 2.75) is 6.10 Å². The molecule has 1 amide bonds. The summed E-state index contributed by atoms with van der Waals surface area (Å²) in [6.07, 6.45) is -0.772. The van der Waals surface area contributed by atoms with E-state index in [1.165, 1.54) is 6.07 Å². The molecule has 0 spiro atoms. The minimum absolute atomic E-state index is 0.217. The lowest BCUT2D eigenvalue weighted by molar-refractivity contribution is 0.0701. The Morgan fingerprint density at radius 3 is 3.12 bits per heavy atom. The number of carbonyl (C=O) groups excluding carboxylic acids is 1. The fraction of sp³-hybridized carbons (Fsp3) is 0.333. The molecule has 0 saturated carbocycles. The van der Waals surface area contributed by atoms with Crippen molar-refractivity contribution in [2.75, 3.05) is 13.2 Å². The Labute approximate surface area is 94.8 Å². The van der Waals surface area contributed by atoms with Gasteiger partial charge in [-0.3, -0.25) is 0 Å². The molecule has 86 valence electrons. The number of hydrogen-bond donors (Lipinski definition) is 2. The van der Waals surface area contributed by atoms with E-state index in [9.17, 15) is 9.59 Å². The molecule has 1 atom stereocenters. The number of hydrogen-bond acceptors (Lipinski definition) is 5. The van der Waals surface area contributed by atoms with Crippen molar-refractivity contribution < 1.29 is 24.2 Å². The molecule has 7 heteroatoms. The van der Waals surface area contributed by atoms with Crippen molar-refractivity contribution in [3.8, 4) is 5.75 Å². The van der Waals surface area contributed by atoms with Crippen LogP contribution in [-0.4, -0.2) is 36.4 Å². The summed E-state index contributed by atoms with van der Waals surface area (Å²) in [6, 6.07) is 1.44. The predicted octanol–water partition coefficient (Wildman–Crippen LogP) is 0.933. The molecule has 6 nitrogen and oxygen atoms in total. The van der Waals surface area contributed by atoms with E-state index in [-0.39, 0.29) is 17.6 Å². The van der Waals surface area contributed by atoms with Gasteiger partial charge < -0.3 is 19.9 Å². The standard InChI is InChI=1S/C9H9NO5S/c11-8(12)7-1-5(4-16-7)14-3-6-2-10-9(13)15-6/h1,4,6H,2-3H2,(H,10,13)(H,11,12). The Balaban J connectivity index is 1.85. The van der Waals surface area contributed by atoms with Gasteiger partial charge in [0.25, 0.3) is 0 Å². The third kappa shape index (κ3) is 2.43. The number of ether oxygens (including phenoxy) is 2. The summed E-state index contributed by atoms with van der Waals surface area (Å²) in [7, 11) is 0. The first-order valence-electron chi connectivity index (χ1n) is 4.54. The average molecular weight is 243 g/mol. The van der Waals surface area contributed by atoms with E-state index in [0.29, 0.717) is 12.3 Å². The van der Waals surface area contributed by atoms with E-state index in [2.05, 4.69) is 5.32 Å². The molecule has 1 aromatic heterocycles. The van der Waals surface area contributed by atoms with Gasteiger partial charge in [0.15, 0.2) is 6.10 Å². The number of alkyl carbamates (subject to hydrolysis) is 1. The highest BCUT2D eigenvalue weighted by atomic mass is 32.1. The highest BCUT2D eigenvalue weighted by molar-refractivity contribution is 7.12. The molecule has 1 aliphatic heterocycles. The van der Waals surface area contributed by atoms with E-state index < -0.39 is 12.1 Å². The van der Waals surface area contributed by atoms with Gasteiger partial charge in [-0.1, -0.05) is 0 Å². The molecule has 1 fully saturated rings. The quantitative estimate of drug-likeness (QED) is 0.821. The van der Waals surface area contributed by atoms with Gasteiger partial charge in [-0.25, -0.2) is 9.59 Å². The van der Waals surface area contributed by atoms with Gasteiger partial charge in [0.1, 0.15) is 17.2 Å². The molecule has 1 unspecified atom stereocenters. The number of rotatable bonds is 4. The minimum Gasteiger partial charge on any atom is -0.489 e. The molecule has 0 bridgehead atoms. The monoisotopic (exact) mass is 243 g/mol. The maximum absolute atomic E-state index is 10.7. The topological polar surface area (TPSA) is 84.9 Å². The SMILES string of the molecule is O=C1NCC(COc2csc(C(=O)O)c2)O1. The fourth-order valence-corrected chi connectivity index (χ4v) is 1.88. The zero-order valence-electron chi connectivity index (χ0n) is 8.13. The minimum atomic E-state index is -0.978. The van der Waals surface area contributed by atoms with Crippen LogP contribution < -0.4 is 10.1 Å². The molecule has 1 saturated heterocycles. The Morgan fingerprint density at radius 1 is 1.75 bits per heavy atom. The molecular weight excluding hydrogens is 234 g/mol. The summed E-state index contributed by atoms with van der Waals surface area (Å²) < 4.78 is 10.1. The molecule has 2 heterocycles. The van der Waals surface area contributed by atoms with Crippen LogP contribution in [0.4, 0.5) is 4.79 Å². The van der Waals surface area contributed by atoms with Crippen molar-refractivity contribution in [1.82, 2.24) is 5.32 Å². The van der Waals surface area contributed by atoms with Gasteiger partial charge in [-0.2, -0.15) is 0 Å². The zero-order chi connectivity index (χ0) is 11.5. The number of amides is 1. The lowest BCUT2D eigenvalue weighted by atomic mass is 10.4. The third-order valence-corrected chi connectivity index (χ3v) is 2.87. The lowest BCUT2D eigenvalue weighted by Gasteiger charge is -2.07. The van der Waals surface area contributed by atoms with Crippen LogP contribution in [-0.2, 0) is 4.74 Å². The van der Waals surface area contributed by atoms with Crippen LogP contribution in [0.1, 0.15) is 9.67 Å². The van der Waals surface area contributed by atoms with Crippen LogP contribution in [0.2, 0.25) is 0 Å². The summed E-state index contributed by atoms with van der Waals surface area (Å²) in [6.45, 7) is 0.628. The Morgan fingerprint density at radius 2 is 2.56 bits per heavy atom.